The molecule has 0 amide bonds. The Balaban J connectivity index is 3.08. The van der Waals surface area contributed by atoms with Gasteiger partial charge in [0.05, 0.1) is 7.11 Å². The number of ketones is 1. The lowest BCUT2D eigenvalue weighted by Crippen LogP contribution is -2.23. The molecular weight excluding hydrogens is 264 g/mol. The van der Waals surface area contributed by atoms with Crippen LogP contribution in [-0.4, -0.2) is 36.9 Å². The molecule has 5 nitrogen and oxygen atoms in total. The highest BCUT2D eigenvalue weighted by atomic mass is 32.1. The van der Waals surface area contributed by atoms with E-state index in [9.17, 15) is 9.59 Å². The summed E-state index contributed by atoms with van der Waals surface area (Å²) in [5, 5.41) is 0.710. The van der Waals surface area contributed by atoms with Crippen molar-refractivity contribution in [3.8, 4) is 0 Å². The van der Waals surface area contributed by atoms with E-state index in [2.05, 4.69) is 21.5 Å². The number of thiazole rings is 1. The third kappa shape index (κ3) is 3.76. The Kier molecular flexibility index (Phi) is 5.95. The third-order valence-corrected chi connectivity index (χ3v) is 3.97. The molecule has 0 aromatic carbocycles. The van der Waals surface area contributed by atoms with E-state index in [1.165, 1.54) is 25.4 Å². The van der Waals surface area contributed by atoms with Crippen molar-refractivity contribution in [3.05, 3.63) is 10.6 Å². The van der Waals surface area contributed by atoms with Crippen LogP contribution >= 0.6 is 11.3 Å². The monoisotopic (exact) mass is 284 g/mol. The quantitative estimate of drug-likeness (QED) is 0.569. The summed E-state index contributed by atoms with van der Waals surface area (Å²) in [7, 11) is 1.29. The highest BCUT2D eigenvalue weighted by molar-refractivity contribution is 7.17. The van der Waals surface area contributed by atoms with Crippen LogP contribution in [0.3, 0.4) is 0 Å². The van der Waals surface area contributed by atoms with Gasteiger partial charge in [-0.25, -0.2) is 9.78 Å². The highest BCUT2D eigenvalue weighted by Crippen LogP contribution is 2.27. The third-order valence-electron chi connectivity index (χ3n) is 2.75. The van der Waals surface area contributed by atoms with E-state index in [4.69, 9.17) is 0 Å². The minimum Gasteiger partial charge on any atom is -0.464 e. The van der Waals surface area contributed by atoms with Crippen molar-refractivity contribution < 1.29 is 14.3 Å². The number of methoxy groups -OCH3 is 1. The molecule has 0 aliphatic carbocycles. The van der Waals surface area contributed by atoms with Crippen molar-refractivity contribution in [2.24, 2.45) is 0 Å². The minimum absolute atomic E-state index is 0.130. The molecule has 0 N–H and O–H groups in total. The topological polar surface area (TPSA) is 59.5 Å². The molecule has 6 heteroatoms. The molecule has 0 aliphatic rings. The zero-order chi connectivity index (χ0) is 14.4. The van der Waals surface area contributed by atoms with Crippen LogP contribution in [0.25, 0.3) is 0 Å². The van der Waals surface area contributed by atoms with Crippen LogP contribution in [0.5, 0.6) is 0 Å². The van der Waals surface area contributed by atoms with Gasteiger partial charge in [-0.15, -0.1) is 0 Å². The number of carbonyl (C=O) groups excluding carboxylic acids is 2. The van der Waals surface area contributed by atoms with Gasteiger partial charge in [0.2, 0.25) is 0 Å². The molecule has 0 radical (unpaired) electrons. The second kappa shape index (κ2) is 7.23. The summed E-state index contributed by atoms with van der Waals surface area (Å²) in [5.41, 5.74) is 0.130. The lowest BCUT2D eigenvalue weighted by Gasteiger charge is -2.18. The number of nitrogens with zero attached hydrogens (tertiary/aromatic N) is 2. The average Bonchev–Trinajstić information content (AvgIpc) is 2.84. The van der Waals surface area contributed by atoms with Crippen molar-refractivity contribution in [2.45, 2.75) is 33.6 Å². The smallest absolute Gasteiger partial charge is 0.358 e. The summed E-state index contributed by atoms with van der Waals surface area (Å²) < 4.78 is 4.67. The molecule has 106 valence electrons. The van der Waals surface area contributed by atoms with Crippen LogP contribution in [-0.2, 0) is 4.74 Å². The maximum absolute atomic E-state index is 11.6. The van der Waals surface area contributed by atoms with E-state index in [1.54, 1.807) is 0 Å². The van der Waals surface area contributed by atoms with Crippen LogP contribution in [0.1, 0.15) is 53.8 Å². The van der Waals surface area contributed by atoms with Crippen LogP contribution in [0.2, 0.25) is 0 Å². The number of esters is 1. The van der Waals surface area contributed by atoms with Crippen LogP contribution in [0.4, 0.5) is 5.13 Å². The van der Waals surface area contributed by atoms with Gasteiger partial charge in [-0.2, -0.15) is 0 Å². The number of aromatic nitrogens is 1. The van der Waals surface area contributed by atoms with Crippen molar-refractivity contribution in [3.63, 3.8) is 0 Å². The van der Waals surface area contributed by atoms with Crippen molar-refractivity contribution in [1.29, 1.82) is 0 Å². The first-order chi connectivity index (χ1) is 9.04. The van der Waals surface area contributed by atoms with E-state index in [0.29, 0.717) is 10.0 Å². The van der Waals surface area contributed by atoms with Gasteiger partial charge in [-0.05, 0) is 13.3 Å². The molecule has 0 fully saturated rings. The fourth-order valence-electron chi connectivity index (χ4n) is 1.66. The summed E-state index contributed by atoms with van der Waals surface area (Å²) in [4.78, 5) is 29.9. The largest absolute Gasteiger partial charge is 0.464 e. The first-order valence-electron chi connectivity index (χ1n) is 6.40. The van der Waals surface area contributed by atoms with Crippen LogP contribution in [0, 0.1) is 0 Å². The zero-order valence-electron chi connectivity index (χ0n) is 11.9. The molecule has 1 aromatic heterocycles. The molecule has 0 saturated carbocycles. The Labute approximate surface area is 117 Å². The normalized spacial score (nSPS) is 10.3. The maximum atomic E-state index is 11.6. The number of Topliss-reactive ketones (excluding diaryl/α,β-unsaturated/α-hetero) is 1. The average molecular weight is 284 g/mol. The lowest BCUT2D eigenvalue weighted by atomic mass is 10.3. The number of ether oxygens (including phenoxy) is 1. The molecule has 1 rings (SSSR count). The number of hydrogen-bond donors (Lipinski definition) is 0. The summed E-state index contributed by atoms with van der Waals surface area (Å²) in [6.07, 6.45) is 2.14. The van der Waals surface area contributed by atoms with Gasteiger partial charge in [-0.3, -0.25) is 4.79 Å². The second-order valence-electron chi connectivity index (χ2n) is 4.16. The molecule has 0 saturated heterocycles. The summed E-state index contributed by atoms with van der Waals surface area (Å²) in [6.45, 7) is 7.26. The summed E-state index contributed by atoms with van der Waals surface area (Å²) in [5.74, 6) is -0.713. The number of rotatable bonds is 7. The molecule has 0 bridgehead atoms. The fourth-order valence-corrected chi connectivity index (χ4v) is 2.69. The van der Waals surface area contributed by atoms with Gasteiger partial charge in [0.25, 0.3) is 0 Å². The molecular formula is C13H20N2O3S. The summed E-state index contributed by atoms with van der Waals surface area (Å²) >= 11 is 1.26. The Morgan fingerprint density at radius 1 is 1.37 bits per heavy atom. The van der Waals surface area contributed by atoms with Gasteiger partial charge >= 0.3 is 5.97 Å². The van der Waals surface area contributed by atoms with Crippen molar-refractivity contribution in [2.75, 3.05) is 25.1 Å². The van der Waals surface area contributed by atoms with E-state index >= 15 is 0 Å². The Morgan fingerprint density at radius 2 is 2.05 bits per heavy atom. The molecule has 1 aromatic rings. The maximum Gasteiger partial charge on any atom is 0.358 e. The SMILES string of the molecule is CCCCN(CC)c1nc(C(=O)OC)c(C(C)=O)s1. The van der Waals surface area contributed by atoms with Crippen molar-refractivity contribution in [1.82, 2.24) is 4.98 Å². The molecule has 0 unspecified atom stereocenters. The predicted molar refractivity (Wildman–Crippen MR) is 76.3 cm³/mol. The van der Waals surface area contributed by atoms with Gasteiger partial charge < -0.3 is 9.64 Å². The van der Waals surface area contributed by atoms with Gasteiger partial charge in [0.1, 0.15) is 4.88 Å². The van der Waals surface area contributed by atoms with Gasteiger partial charge in [0.15, 0.2) is 16.6 Å². The lowest BCUT2D eigenvalue weighted by molar-refractivity contribution is 0.0591. The van der Waals surface area contributed by atoms with E-state index in [1.807, 2.05) is 6.92 Å². The van der Waals surface area contributed by atoms with Crippen LogP contribution < -0.4 is 4.90 Å². The highest BCUT2D eigenvalue weighted by Gasteiger charge is 2.23. The fraction of sp³-hybridized carbons (Fsp3) is 0.615. The predicted octanol–water partition coefficient (Wildman–Crippen LogP) is 2.76. The van der Waals surface area contributed by atoms with E-state index in [-0.39, 0.29) is 11.5 Å². The molecule has 1 heterocycles. The van der Waals surface area contributed by atoms with E-state index in [0.717, 1.165) is 25.9 Å². The van der Waals surface area contributed by atoms with Gasteiger partial charge in [-0.1, -0.05) is 24.7 Å². The first kappa shape index (κ1) is 15.6. The Bertz CT molecular complexity index is 457. The number of carbonyl (C=O) groups is 2. The molecule has 19 heavy (non-hydrogen) atoms. The minimum atomic E-state index is -0.556. The Morgan fingerprint density at radius 3 is 2.53 bits per heavy atom. The molecule has 0 spiro atoms. The van der Waals surface area contributed by atoms with Crippen LogP contribution in [0.15, 0.2) is 0 Å². The number of unbranched alkanes of at least 4 members (excludes halogenated alkanes) is 1. The van der Waals surface area contributed by atoms with E-state index < -0.39 is 5.97 Å². The summed E-state index contributed by atoms with van der Waals surface area (Å²) in [6, 6.07) is 0. The standard InChI is InChI=1S/C13H20N2O3S/c1-5-7-8-15(6-2)13-14-10(12(17)18-4)11(19-13)9(3)16/h5-8H2,1-4H3. The molecule has 0 aliphatic heterocycles. The van der Waals surface area contributed by atoms with Gasteiger partial charge in [0, 0.05) is 20.0 Å². The number of hydrogen-bond acceptors (Lipinski definition) is 6. The number of anilines is 1. The van der Waals surface area contributed by atoms with Crippen molar-refractivity contribution >= 4 is 28.2 Å². The Hall–Kier alpha value is -1.43. The second-order valence-corrected chi connectivity index (χ2v) is 5.13. The first-order valence-corrected chi connectivity index (χ1v) is 7.21. The molecule has 0 atom stereocenters. The zero-order valence-corrected chi connectivity index (χ0v) is 12.7.